The molecule has 0 saturated carbocycles. The molecule has 0 unspecified atom stereocenters. The van der Waals surface area contributed by atoms with Crippen LogP contribution in [0.1, 0.15) is 36.0 Å². The lowest BCUT2D eigenvalue weighted by Gasteiger charge is -2.32. The van der Waals surface area contributed by atoms with Gasteiger partial charge >= 0.3 is 0 Å². The molecular weight excluding hydrogens is 433 g/mol. The number of sulfonamides is 1. The molecule has 0 spiro atoms. The van der Waals surface area contributed by atoms with Crippen LogP contribution in [0.2, 0.25) is 0 Å². The summed E-state index contributed by atoms with van der Waals surface area (Å²) in [6, 6.07) is 11.6. The Hall–Kier alpha value is -2.78. The number of hydrogen-bond donors (Lipinski definition) is 1. The van der Waals surface area contributed by atoms with Crippen molar-refractivity contribution in [2.75, 3.05) is 31.5 Å². The van der Waals surface area contributed by atoms with Crippen molar-refractivity contribution in [1.29, 1.82) is 0 Å². The van der Waals surface area contributed by atoms with Gasteiger partial charge in [0.25, 0.3) is 5.91 Å². The van der Waals surface area contributed by atoms with E-state index in [1.54, 1.807) is 17.0 Å². The summed E-state index contributed by atoms with van der Waals surface area (Å²) >= 11 is 0. The summed E-state index contributed by atoms with van der Waals surface area (Å²) in [5.41, 5.74) is 0.902. The molecule has 7 nitrogen and oxygen atoms in total. The van der Waals surface area contributed by atoms with Crippen LogP contribution in [0, 0.1) is 11.7 Å². The van der Waals surface area contributed by atoms with Gasteiger partial charge in [-0.3, -0.25) is 9.59 Å². The van der Waals surface area contributed by atoms with E-state index in [0.29, 0.717) is 43.7 Å². The summed E-state index contributed by atoms with van der Waals surface area (Å²) in [4.78, 5) is 27.3. The first-order valence-corrected chi connectivity index (χ1v) is 12.2. The lowest BCUT2D eigenvalue weighted by Crippen LogP contribution is -2.43. The number of carbonyl (C=O) groups is 2. The number of halogens is 1. The van der Waals surface area contributed by atoms with Gasteiger partial charge in [0.1, 0.15) is 5.82 Å². The molecule has 2 fully saturated rings. The zero-order valence-electron chi connectivity index (χ0n) is 17.7. The highest BCUT2D eigenvalue weighted by molar-refractivity contribution is 7.89. The Morgan fingerprint density at radius 1 is 0.906 bits per heavy atom. The minimum atomic E-state index is -3.50. The van der Waals surface area contributed by atoms with E-state index in [0.717, 1.165) is 12.8 Å². The predicted octanol–water partition coefficient (Wildman–Crippen LogP) is 3.10. The van der Waals surface area contributed by atoms with Gasteiger partial charge in [-0.15, -0.1) is 0 Å². The highest BCUT2D eigenvalue weighted by Crippen LogP contribution is 2.24. The van der Waals surface area contributed by atoms with E-state index >= 15 is 0 Å². The van der Waals surface area contributed by atoms with Crippen LogP contribution >= 0.6 is 0 Å². The molecule has 170 valence electrons. The SMILES string of the molecule is O=C(Nc1ccc(S(=O)(=O)N2CCCC2)cc1)[C@@H]1CCCN(C(=O)c2ccc(F)cc2)C1. The normalized spacial score (nSPS) is 19.7. The molecule has 2 aliphatic rings. The Bertz CT molecular complexity index is 1080. The average Bonchev–Trinajstić information content (AvgIpc) is 3.36. The average molecular weight is 460 g/mol. The molecule has 2 saturated heterocycles. The lowest BCUT2D eigenvalue weighted by molar-refractivity contribution is -0.121. The largest absolute Gasteiger partial charge is 0.338 e. The van der Waals surface area contributed by atoms with Crippen LogP contribution in [-0.4, -0.2) is 55.6 Å². The minimum Gasteiger partial charge on any atom is -0.338 e. The lowest BCUT2D eigenvalue weighted by atomic mass is 9.96. The van der Waals surface area contributed by atoms with Crippen molar-refractivity contribution in [2.45, 2.75) is 30.6 Å². The van der Waals surface area contributed by atoms with Gasteiger partial charge in [0, 0.05) is 37.4 Å². The summed E-state index contributed by atoms with van der Waals surface area (Å²) < 4.78 is 39.9. The first kappa shape index (κ1) is 22.4. The van der Waals surface area contributed by atoms with Crippen LogP contribution in [0.15, 0.2) is 53.4 Å². The van der Waals surface area contributed by atoms with Gasteiger partial charge in [0.2, 0.25) is 15.9 Å². The van der Waals surface area contributed by atoms with Gasteiger partial charge in [0.05, 0.1) is 10.8 Å². The van der Waals surface area contributed by atoms with Gasteiger partial charge in [-0.2, -0.15) is 4.31 Å². The van der Waals surface area contributed by atoms with Crippen molar-refractivity contribution in [3.8, 4) is 0 Å². The quantitative estimate of drug-likeness (QED) is 0.745. The molecule has 1 N–H and O–H groups in total. The van der Waals surface area contributed by atoms with E-state index in [2.05, 4.69) is 5.32 Å². The fourth-order valence-electron chi connectivity index (χ4n) is 4.18. The summed E-state index contributed by atoms with van der Waals surface area (Å²) in [5, 5.41) is 2.83. The van der Waals surface area contributed by atoms with Crippen molar-refractivity contribution in [1.82, 2.24) is 9.21 Å². The molecule has 2 aliphatic heterocycles. The fourth-order valence-corrected chi connectivity index (χ4v) is 5.70. The number of rotatable bonds is 5. The Labute approximate surface area is 187 Å². The Morgan fingerprint density at radius 3 is 2.22 bits per heavy atom. The zero-order chi connectivity index (χ0) is 22.7. The van der Waals surface area contributed by atoms with Crippen LogP contribution in [0.5, 0.6) is 0 Å². The Balaban J connectivity index is 1.38. The standard InChI is InChI=1S/C23H26FN3O4S/c24-19-7-5-17(6-8-19)23(29)26-13-3-4-18(16-26)22(28)25-20-9-11-21(12-10-20)32(30,31)27-14-1-2-15-27/h5-12,18H,1-4,13-16H2,(H,25,28)/t18-/m1/s1. The molecule has 2 aromatic rings. The monoisotopic (exact) mass is 459 g/mol. The molecule has 1 atom stereocenters. The van der Waals surface area contributed by atoms with Gasteiger partial charge < -0.3 is 10.2 Å². The molecular formula is C23H26FN3O4S. The second-order valence-electron chi connectivity index (χ2n) is 8.22. The third kappa shape index (κ3) is 4.83. The summed E-state index contributed by atoms with van der Waals surface area (Å²) in [7, 11) is -3.50. The fraction of sp³-hybridized carbons (Fsp3) is 0.391. The van der Waals surface area contributed by atoms with Gasteiger partial charge in [0.15, 0.2) is 0 Å². The number of nitrogens with zero attached hydrogens (tertiary/aromatic N) is 2. The number of nitrogens with one attached hydrogen (secondary N) is 1. The van der Waals surface area contributed by atoms with Crippen LogP contribution in [0.4, 0.5) is 10.1 Å². The highest BCUT2D eigenvalue weighted by Gasteiger charge is 2.30. The van der Waals surface area contributed by atoms with Crippen molar-refractivity contribution in [3.63, 3.8) is 0 Å². The minimum absolute atomic E-state index is 0.211. The van der Waals surface area contributed by atoms with E-state index in [1.807, 2.05) is 0 Å². The topological polar surface area (TPSA) is 86.8 Å². The highest BCUT2D eigenvalue weighted by atomic mass is 32.2. The van der Waals surface area contributed by atoms with E-state index in [1.165, 1.54) is 40.7 Å². The number of carbonyl (C=O) groups excluding carboxylic acids is 2. The number of anilines is 1. The van der Waals surface area contributed by atoms with Gasteiger partial charge in [-0.25, -0.2) is 12.8 Å². The van der Waals surface area contributed by atoms with E-state index in [4.69, 9.17) is 0 Å². The van der Waals surface area contributed by atoms with Crippen molar-refractivity contribution < 1.29 is 22.4 Å². The van der Waals surface area contributed by atoms with Crippen LogP contribution in [0.3, 0.4) is 0 Å². The maximum Gasteiger partial charge on any atom is 0.253 e. The maximum atomic E-state index is 13.1. The number of piperidine rings is 1. The molecule has 9 heteroatoms. The van der Waals surface area contributed by atoms with Crippen LogP contribution < -0.4 is 5.32 Å². The second kappa shape index (κ2) is 9.38. The first-order valence-electron chi connectivity index (χ1n) is 10.8. The zero-order valence-corrected chi connectivity index (χ0v) is 18.5. The van der Waals surface area contributed by atoms with Gasteiger partial charge in [-0.05, 0) is 74.2 Å². The van der Waals surface area contributed by atoms with Crippen LogP contribution in [-0.2, 0) is 14.8 Å². The molecule has 32 heavy (non-hydrogen) atoms. The van der Waals surface area contributed by atoms with E-state index in [9.17, 15) is 22.4 Å². The first-order chi connectivity index (χ1) is 15.3. The number of benzene rings is 2. The van der Waals surface area contributed by atoms with Crippen molar-refractivity contribution in [3.05, 3.63) is 59.9 Å². The molecule has 0 aromatic heterocycles. The molecule has 0 radical (unpaired) electrons. The molecule has 2 heterocycles. The maximum absolute atomic E-state index is 13.1. The third-order valence-electron chi connectivity index (χ3n) is 6.00. The smallest absolute Gasteiger partial charge is 0.253 e. The predicted molar refractivity (Wildman–Crippen MR) is 118 cm³/mol. The summed E-state index contributed by atoms with van der Waals surface area (Å²) in [6.07, 6.45) is 3.09. The number of hydrogen-bond acceptors (Lipinski definition) is 4. The Kier molecular flexibility index (Phi) is 6.57. The molecule has 2 amide bonds. The molecule has 0 aliphatic carbocycles. The number of amides is 2. The van der Waals surface area contributed by atoms with Crippen molar-refractivity contribution >= 4 is 27.5 Å². The van der Waals surface area contributed by atoms with Crippen molar-refractivity contribution in [2.24, 2.45) is 5.92 Å². The third-order valence-corrected chi connectivity index (χ3v) is 7.91. The summed E-state index contributed by atoms with van der Waals surface area (Å²) in [5.74, 6) is -1.21. The molecule has 0 bridgehead atoms. The van der Waals surface area contributed by atoms with E-state index < -0.39 is 15.8 Å². The van der Waals surface area contributed by atoms with Crippen LogP contribution in [0.25, 0.3) is 0 Å². The van der Waals surface area contributed by atoms with Gasteiger partial charge in [-0.1, -0.05) is 0 Å². The van der Waals surface area contributed by atoms with E-state index in [-0.39, 0.29) is 29.2 Å². The number of likely N-dealkylation sites (tertiary alicyclic amines) is 1. The summed E-state index contributed by atoms with van der Waals surface area (Å²) in [6.45, 7) is 1.90. The second-order valence-corrected chi connectivity index (χ2v) is 10.2. The molecule has 2 aromatic carbocycles. The molecule has 4 rings (SSSR count). The Morgan fingerprint density at radius 2 is 1.56 bits per heavy atom.